The van der Waals surface area contributed by atoms with Gasteiger partial charge in [-0.3, -0.25) is 9.89 Å². The van der Waals surface area contributed by atoms with Crippen LogP contribution in [0.1, 0.15) is 30.8 Å². The lowest BCUT2D eigenvalue weighted by atomic mass is 10.2. The Kier molecular flexibility index (Phi) is 5.12. The van der Waals surface area contributed by atoms with Gasteiger partial charge in [0.05, 0.1) is 5.52 Å². The van der Waals surface area contributed by atoms with Crippen LogP contribution in [0.25, 0.3) is 10.9 Å². The Labute approximate surface area is 119 Å². The minimum atomic E-state index is -0.116. The monoisotopic (exact) mass is 274 g/mol. The number of aromatic amines is 1. The summed E-state index contributed by atoms with van der Waals surface area (Å²) in [6.07, 6.45) is 1.13. The number of H-pyrrole nitrogens is 1. The van der Waals surface area contributed by atoms with Crippen LogP contribution < -0.4 is 5.32 Å². The highest BCUT2D eigenvalue weighted by atomic mass is 16.1. The van der Waals surface area contributed by atoms with Crippen LogP contribution in [0, 0.1) is 0 Å². The van der Waals surface area contributed by atoms with Crippen molar-refractivity contribution in [1.82, 2.24) is 20.4 Å². The molecule has 2 aromatic rings. The van der Waals surface area contributed by atoms with Gasteiger partial charge in [-0.15, -0.1) is 0 Å². The summed E-state index contributed by atoms with van der Waals surface area (Å²) < 4.78 is 0. The molecule has 1 heterocycles. The van der Waals surface area contributed by atoms with Crippen molar-refractivity contribution < 1.29 is 4.79 Å². The van der Waals surface area contributed by atoms with Crippen molar-refractivity contribution in [3.05, 3.63) is 30.0 Å². The van der Waals surface area contributed by atoms with Crippen LogP contribution in [-0.4, -0.2) is 47.2 Å². The number of para-hydroxylation sites is 1. The fraction of sp³-hybridized carbons (Fsp3) is 0.467. The molecule has 0 bridgehead atoms. The largest absolute Gasteiger partial charge is 0.349 e. The molecular weight excluding hydrogens is 252 g/mol. The lowest BCUT2D eigenvalue weighted by Gasteiger charge is -2.19. The van der Waals surface area contributed by atoms with Gasteiger partial charge in [0.15, 0.2) is 5.69 Å². The number of hydrogen-bond acceptors (Lipinski definition) is 3. The molecule has 1 aromatic carbocycles. The van der Waals surface area contributed by atoms with Crippen molar-refractivity contribution in [2.75, 3.05) is 26.2 Å². The van der Waals surface area contributed by atoms with Crippen LogP contribution in [0.2, 0.25) is 0 Å². The van der Waals surface area contributed by atoms with Gasteiger partial charge in [0.1, 0.15) is 0 Å². The Hall–Kier alpha value is -1.88. The Morgan fingerprint density at radius 2 is 2.10 bits per heavy atom. The molecule has 0 fully saturated rings. The number of nitrogens with zero attached hydrogens (tertiary/aromatic N) is 2. The number of likely N-dealkylation sites (N-methyl/N-ethyl adjacent to an activating group) is 1. The molecule has 20 heavy (non-hydrogen) atoms. The van der Waals surface area contributed by atoms with Gasteiger partial charge in [-0.2, -0.15) is 5.10 Å². The summed E-state index contributed by atoms with van der Waals surface area (Å²) in [6, 6.07) is 7.66. The maximum atomic E-state index is 12.1. The van der Waals surface area contributed by atoms with Crippen molar-refractivity contribution in [2.24, 2.45) is 0 Å². The van der Waals surface area contributed by atoms with Gasteiger partial charge in [-0.1, -0.05) is 32.0 Å². The lowest BCUT2D eigenvalue weighted by molar-refractivity contribution is 0.0945. The minimum Gasteiger partial charge on any atom is -0.349 e. The molecule has 0 aliphatic carbocycles. The zero-order chi connectivity index (χ0) is 14.4. The summed E-state index contributed by atoms with van der Waals surface area (Å²) in [6.45, 7) is 7.90. The van der Waals surface area contributed by atoms with Crippen molar-refractivity contribution in [1.29, 1.82) is 0 Å². The van der Waals surface area contributed by atoms with E-state index in [9.17, 15) is 4.79 Å². The molecule has 108 valence electrons. The van der Waals surface area contributed by atoms with Gasteiger partial charge in [-0.05, 0) is 25.6 Å². The second-order valence-corrected chi connectivity index (χ2v) is 4.81. The molecule has 0 atom stereocenters. The molecule has 0 saturated carbocycles. The maximum absolute atomic E-state index is 12.1. The van der Waals surface area contributed by atoms with Crippen LogP contribution in [0.3, 0.4) is 0 Å². The average molecular weight is 274 g/mol. The molecule has 5 heteroatoms. The van der Waals surface area contributed by atoms with Gasteiger partial charge in [0.25, 0.3) is 5.91 Å². The highest BCUT2D eigenvalue weighted by Gasteiger charge is 2.13. The van der Waals surface area contributed by atoms with E-state index in [0.29, 0.717) is 12.2 Å². The molecule has 0 saturated heterocycles. The van der Waals surface area contributed by atoms with E-state index in [4.69, 9.17) is 0 Å². The van der Waals surface area contributed by atoms with Crippen LogP contribution in [0.15, 0.2) is 24.3 Å². The maximum Gasteiger partial charge on any atom is 0.272 e. The van der Waals surface area contributed by atoms with E-state index in [1.165, 1.54) is 0 Å². The highest BCUT2D eigenvalue weighted by Crippen LogP contribution is 2.14. The van der Waals surface area contributed by atoms with E-state index in [0.717, 1.165) is 37.0 Å². The van der Waals surface area contributed by atoms with E-state index >= 15 is 0 Å². The van der Waals surface area contributed by atoms with Crippen molar-refractivity contribution in [3.63, 3.8) is 0 Å². The first-order valence-corrected chi connectivity index (χ1v) is 7.20. The molecule has 2 N–H and O–H groups in total. The summed E-state index contributed by atoms with van der Waals surface area (Å²) in [7, 11) is 0. The number of aromatic nitrogens is 2. The number of nitrogens with one attached hydrogen (secondary N) is 2. The highest BCUT2D eigenvalue weighted by molar-refractivity contribution is 6.04. The van der Waals surface area contributed by atoms with E-state index < -0.39 is 0 Å². The number of fused-ring (bicyclic) bond motifs is 1. The molecule has 1 aromatic heterocycles. The zero-order valence-corrected chi connectivity index (χ0v) is 12.1. The van der Waals surface area contributed by atoms with E-state index in [-0.39, 0.29) is 5.91 Å². The average Bonchev–Trinajstić information content (AvgIpc) is 2.90. The Morgan fingerprint density at radius 3 is 2.85 bits per heavy atom. The zero-order valence-electron chi connectivity index (χ0n) is 12.1. The van der Waals surface area contributed by atoms with Gasteiger partial charge in [0.2, 0.25) is 0 Å². The summed E-state index contributed by atoms with van der Waals surface area (Å²) in [4.78, 5) is 14.5. The Bertz CT molecular complexity index is 564. The summed E-state index contributed by atoms with van der Waals surface area (Å²) in [5, 5.41) is 10.8. The molecule has 0 radical (unpaired) electrons. The molecule has 0 aliphatic rings. The third-order valence-electron chi connectivity index (χ3n) is 3.39. The standard InChI is InChI=1S/C15H22N4O/c1-3-10-19(4-2)11-9-16-15(20)14-12-7-5-6-8-13(12)17-18-14/h5-8H,3-4,9-11H2,1-2H3,(H,16,20)(H,17,18). The molecule has 0 spiro atoms. The third kappa shape index (κ3) is 3.36. The number of hydrogen-bond donors (Lipinski definition) is 2. The molecule has 0 aliphatic heterocycles. The van der Waals surface area contributed by atoms with Gasteiger partial charge < -0.3 is 10.2 Å². The van der Waals surface area contributed by atoms with E-state index in [1.807, 2.05) is 24.3 Å². The summed E-state index contributed by atoms with van der Waals surface area (Å²) in [5.74, 6) is -0.116. The van der Waals surface area contributed by atoms with Crippen LogP contribution in [-0.2, 0) is 0 Å². The number of rotatable bonds is 7. The van der Waals surface area contributed by atoms with Crippen molar-refractivity contribution >= 4 is 16.8 Å². The summed E-state index contributed by atoms with van der Waals surface area (Å²) >= 11 is 0. The van der Waals surface area contributed by atoms with Crippen LogP contribution >= 0.6 is 0 Å². The molecule has 5 nitrogen and oxygen atoms in total. The first kappa shape index (κ1) is 14.5. The van der Waals surface area contributed by atoms with Crippen molar-refractivity contribution in [2.45, 2.75) is 20.3 Å². The first-order valence-electron chi connectivity index (χ1n) is 7.20. The quantitative estimate of drug-likeness (QED) is 0.812. The van der Waals surface area contributed by atoms with E-state index in [2.05, 4.69) is 34.3 Å². The van der Waals surface area contributed by atoms with Crippen LogP contribution in [0.5, 0.6) is 0 Å². The number of carbonyl (C=O) groups is 1. The normalized spacial score (nSPS) is 11.2. The second-order valence-electron chi connectivity index (χ2n) is 4.81. The topological polar surface area (TPSA) is 61.0 Å². The molecular formula is C15H22N4O. The van der Waals surface area contributed by atoms with Gasteiger partial charge >= 0.3 is 0 Å². The smallest absolute Gasteiger partial charge is 0.272 e. The predicted octanol–water partition coefficient (Wildman–Crippen LogP) is 2.02. The van der Waals surface area contributed by atoms with Gasteiger partial charge in [0, 0.05) is 18.5 Å². The van der Waals surface area contributed by atoms with Gasteiger partial charge in [-0.25, -0.2) is 0 Å². The fourth-order valence-corrected chi connectivity index (χ4v) is 2.29. The first-order chi connectivity index (χ1) is 9.76. The fourth-order valence-electron chi connectivity index (χ4n) is 2.29. The Morgan fingerprint density at radius 1 is 1.30 bits per heavy atom. The lowest BCUT2D eigenvalue weighted by Crippen LogP contribution is -2.35. The molecule has 1 amide bonds. The van der Waals surface area contributed by atoms with Crippen molar-refractivity contribution in [3.8, 4) is 0 Å². The van der Waals surface area contributed by atoms with E-state index in [1.54, 1.807) is 0 Å². The number of benzene rings is 1. The molecule has 2 rings (SSSR count). The SMILES string of the molecule is CCCN(CC)CCNC(=O)c1n[nH]c2ccccc12. The number of carbonyl (C=O) groups excluding carboxylic acids is 1. The number of amides is 1. The molecule has 0 unspecified atom stereocenters. The van der Waals surface area contributed by atoms with Crippen LogP contribution in [0.4, 0.5) is 0 Å². The second kappa shape index (κ2) is 7.05. The third-order valence-corrected chi connectivity index (χ3v) is 3.39. The predicted molar refractivity (Wildman–Crippen MR) is 80.8 cm³/mol. The Balaban J connectivity index is 1.92. The summed E-state index contributed by atoms with van der Waals surface area (Å²) in [5.41, 5.74) is 1.36. The minimum absolute atomic E-state index is 0.116.